The first kappa shape index (κ1) is 26.4. The number of nitrogens with two attached hydrogens (primary N) is 1. The van der Waals surface area contributed by atoms with E-state index in [0.29, 0.717) is 24.1 Å². The molecule has 2 aromatic carbocycles. The number of rotatable bonds is 5. The lowest BCUT2D eigenvalue weighted by Gasteiger charge is -2.46. The summed E-state index contributed by atoms with van der Waals surface area (Å²) in [6.45, 7) is 5.41. The van der Waals surface area contributed by atoms with E-state index in [1.54, 1.807) is 19.5 Å². The molecule has 7 nitrogen and oxygen atoms in total. The van der Waals surface area contributed by atoms with Gasteiger partial charge in [-0.3, -0.25) is 4.79 Å². The number of hydrogen-bond acceptors (Lipinski definition) is 5. The molecule has 38 heavy (non-hydrogen) atoms. The fourth-order valence-electron chi connectivity index (χ4n) is 5.69. The summed E-state index contributed by atoms with van der Waals surface area (Å²) in [4.78, 5) is 15.0. The van der Waals surface area contributed by atoms with Gasteiger partial charge in [-0.15, -0.1) is 10.2 Å². The Morgan fingerprint density at radius 2 is 1.87 bits per heavy atom. The van der Waals surface area contributed by atoms with Crippen molar-refractivity contribution in [3.05, 3.63) is 76.4 Å². The normalized spacial score (nSPS) is 22.4. The van der Waals surface area contributed by atoms with Crippen LogP contribution in [0.4, 0.5) is 18.9 Å². The summed E-state index contributed by atoms with van der Waals surface area (Å²) < 4.78 is 50.0. The molecule has 3 aromatic rings. The summed E-state index contributed by atoms with van der Waals surface area (Å²) in [5, 5.41) is 8.40. The third kappa shape index (κ3) is 4.19. The van der Waals surface area contributed by atoms with Gasteiger partial charge < -0.3 is 19.9 Å². The Morgan fingerprint density at radius 1 is 1.16 bits per heavy atom. The second-order valence-corrected chi connectivity index (χ2v) is 11.5. The van der Waals surface area contributed by atoms with Crippen molar-refractivity contribution in [2.75, 3.05) is 12.0 Å². The van der Waals surface area contributed by atoms with Crippen molar-refractivity contribution in [1.82, 2.24) is 14.8 Å². The zero-order chi connectivity index (χ0) is 27.6. The highest BCUT2D eigenvalue weighted by Crippen LogP contribution is 2.50. The molecule has 2 N–H and O–H groups in total. The number of halogens is 3. The SMILES string of the molecule is COC1CC(c2cccc(N3Cc4c(cc([C@@H](N)C(C)(C)C)cc4C(F)(F)F)C3=O)c2)(c2nncn2C)C1. The van der Waals surface area contributed by atoms with Crippen LogP contribution in [-0.4, -0.2) is 33.9 Å². The number of amides is 1. The number of nitrogens with zero attached hydrogens (tertiary/aromatic N) is 4. The highest BCUT2D eigenvalue weighted by molar-refractivity contribution is 6.10. The van der Waals surface area contributed by atoms with Gasteiger partial charge in [0.1, 0.15) is 12.2 Å². The Bertz CT molecular complexity index is 1390. The standard InChI is InChI=1S/C28H32F3N5O2/c1-26(2,3)23(32)16-9-20-21(22(10-16)28(29,30)31)14-36(24(20)37)18-8-6-7-17(11-18)27(12-19(13-27)38-5)25-34-33-15-35(25)4/h6-11,15,19,23H,12-14,32H2,1-5H3/t19?,23-,27?/m1/s1. The van der Waals surface area contributed by atoms with E-state index in [4.69, 9.17) is 10.5 Å². The van der Waals surface area contributed by atoms with E-state index in [2.05, 4.69) is 10.2 Å². The first-order valence-electron chi connectivity index (χ1n) is 12.6. The molecule has 5 rings (SSSR count). The van der Waals surface area contributed by atoms with Gasteiger partial charge in [0, 0.05) is 31.5 Å². The lowest BCUT2D eigenvalue weighted by atomic mass is 9.62. The zero-order valence-electron chi connectivity index (χ0n) is 22.1. The van der Waals surface area contributed by atoms with E-state index in [0.717, 1.165) is 17.5 Å². The molecule has 0 bridgehead atoms. The fraction of sp³-hybridized carbons (Fsp3) is 0.464. The van der Waals surface area contributed by atoms with E-state index < -0.39 is 34.5 Å². The highest BCUT2D eigenvalue weighted by atomic mass is 19.4. The van der Waals surface area contributed by atoms with Crippen molar-refractivity contribution >= 4 is 11.6 Å². The Kier molecular flexibility index (Phi) is 6.18. The minimum atomic E-state index is -4.62. The Labute approximate surface area is 219 Å². The van der Waals surface area contributed by atoms with E-state index in [-0.39, 0.29) is 23.8 Å². The van der Waals surface area contributed by atoms with Gasteiger partial charge in [0.05, 0.1) is 23.6 Å². The van der Waals surface area contributed by atoms with Crippen LogP contribution in [0.1, 0.15) is 78.1 Å². The average Bonchev–Trinajstić information content (AvgIpc) is 3.40. The summed E-state index contributed by atoms with van der Waals surface area (Å²) >= 11 is 0. The number of aryl methyl sites for hydroxylation is 1. The molecular weight excluding hydrogens is 495 g/mol. The smallest absolute Gasteiger partial charge is 0.381 e. The predicted molar refractivity (Wildman–Crippen MR) is 137 cm³/mol. The Morgan fingerprint density at radius 3 is 2.45 bits per heavy atom. The molecular formula is C28H32F3N5O2. The van der Waals surface area contributed by atoms with Crippen molar-refractivity contribution in [2.45, 2.75) is 63.9 Å². The van der Waals surface area contributed by atoms with E-state index in [1.165, 1.54) is 11.0 Å². The molecule has 10 heteroatoms. The van der Waals surface area contributed by atoms with Gasteiger partial charge in [-0.05, 0) is 59.2 Å². The third-order valence-electron chi connectivity index (χ3n) is 8.00. The molecule has 1 saturated carbocycles. The van der Waals surface area contributed by atoms with Crippen LogP contribution in [-0.2, 0) is 29.9 Å². The summed E-state index contributed by atoms with van der Waals surface area (Å²) in [6.07, 6.45) is -1.57. The number of alkyl halides is 3. The molecule has 0 spiro atoms. The van der Waals surface area contributed by atoms with Crippen LogP contribution >= 0.6 is 0 Å². The van der Waals surface area contributed by atoms with Crippen LogP contribution < -0.4 is 10.6 Å². The van der Waals surface area contributed by atoms with Crippen molar-refractivity contribution in [2.24, 2.45) is 18.2 Å². The Hall–Kier alpha value is -3.24. The number of carbonyl (C=O) groups is 1. The van der Waals surface area contributed by atoms with Crippen molar-refractivity contribution in [3.63, 3.8) is 0 Å². The minimum absolute atomic E-state index is 0.0242. The molecule has 1 fully saturated rings. The van der Waals surface area contributed by atoms with E-state index in [1.807, 2.05) is 50.6 Å². The summed E-state index contributed by atoms with van der Waals surface area (Å²) in [6, 6.07) is 9.37. The lowest BCUT2D eigenvalue weighted by Crippen LogP contribution is -2.48. The fourth-order valence-corrected chi connectivity index (χ4v) is 5.69. The molecule has 1 aliphatic heterocycles. The number of benzene rings is 2. The molecule has 1 atom stereocenters. The zero-order valence-corrected chi connectivity index (χ0v) is 22.1. The van der Waals surface area contributed by atoms with Crippen molar-refractivity contribution in [3.8, 4) is 0 Å². The summed E-state index contributed by atoms with van der Waals surface area (Å²) in [5.41, 5.74) is 6.32. The lowest BCUT2D eigenvalue weighted by molar-refractivity contribution is -0.138. The second-order valence-electron chi connectivity index (χ2n) is 11.5. The number of methoxy groups -OCH3 is 1. The van der Waals surface area contributed by atoms with Crippen LogP contribution in [0.15, 0.2) is 42.7 Å². The van der Waals surface area contributed by atoms with Gasteiger partial charge in [0.15, 0.2) is 0 Å². The first-order valence-corrected chi connectivity index (χ1v) is 12.6. The van der Waals surface area contributed by atoms with Gasteiger partial charge in [-0.1, -0.05) is 32.9 Å². The van der Waals surface area contributed by atoms with E-state index >= 15 is 0 Å². The largest absolute Gasteiger partial charge is 0.416 e. The second kappa shape index (κ2) is 8.91. The minimum Gasteiger partial charge on any atom is -0.381 e. The third-order valence-corrected chi connectivity index (χ3v) is 8.00. The molecule has 1 aliphatic carbocycles. The van der Waals surface area contributed by atoms with Crippen LogP contribution in [0.25, 0.3) is 0 Å². The van der Waals surface area contributed by atoms with Crippen LogP contribution in [0.2, 0.25) is 0 Å². The molecule has 2 aliphatic rings. The van der Waals surface area contributed by atoms with Crippen molar-refractivity contribution < 1.29 is 22.7 Å². The predicted octanol–water partition coefficient (Wildman–Crippen LogP) is 5.14. The van der Waals surface area contributed by atoms with E-state index in [9.17, 15) is 18.0 Å². The van der Waals surface area contributed by atoms with Crippen LogP contribution in [0.3, 0.4) is 0 Å². The Balaban J connectivity index is 1.56. The van der Waals surface area contributed by atoms with Crippen LogP contribution in [0.5, 0.6) is 0 Å². The number of anilines is 1. The maximum absolute atomic E-state index is 14.2. The first-order chi connectivity index (χ1) is 17.8. The van der Waals surface area contributed by atoms with Gasteiger partial charge in [0.2, 0.25) is 0 Å². The molecule has 0 unspecified atom stereocenters. The number of aromatic nitrogens is 3. The van der Waals surface area contributed by atoms with Gasteiger partial charge in [0.25, 0.3) is 5.91 Å². The molecule has 0 radical (unpaired) electrons. The molecule has 0 saturated heterocycles. The molecule has 2 heterocycles. The maximum atomic E-state index is 14.2. The van der Waals surface area contributed by atoms with Gasteiger partial charge in [-0.2, -0.15) is 13.2 Å². The highest BCUT2D eigenvalue weighted by Gasteiger charge is 2.50. The maximum Gasteiger partial charge on any atom is 0.416 e. The molecule has 1 aromatic heterocycles. The number of carbonyl (C=O) groups excluding carboxylic acids is 1. The number of hydrogen-bond donors (Lipinski definition) is 1. The summed E-state index contributed by atoms with van der Waals surface area (Å²) in [5.74, 6) is 0.306. The molecule has 202 valence electrons. The number of fused-ring (bicyclic) bond motifs is 1. The molecule has 1 amide bonds. The quantitative estimate of drug-likeness (QED) is 0.497. The monoisotopic (exact) mass is 527 g/mol. The van der Waals surface area contributed by atoms with Gasteiger partial charge in [-0.25, -0.2) is 0 Å². The van der Waals surface area contributed by atoms with Gasteiger partial charge >= 0.3 is 6.18 Å². The average molecular weight is 528 g/mol. The number of ether oxygens (including phenoxy) is 1. The van der Waals surface area contributed by atoms with Crippen molar-refractivity contribution in [1.29, 1.82) is 0 Å². The summed E-state index contributed by atoms with van der Waals surface area (Å²) in [7, 11) is 3.54. The topological polar surface area (TPSA) is 86.3 Å². The van der Waals surface area contributed by atoms with Crippen LogP contribution in [0, 0.1) is 5.41 Å².